The van der Waals surface area contributed by atoms with Crippen LogP contribution in [-0.2, 0) is 39.3 Å². The highest BCUT2D eigenvalue weighted by Gasteiger charge is 2.30. The van der Waals surface area contributed by atoms with E-state index in [1.54, 1.807) is 18.4 Å². The van der Waals surface area contributed by atoms with E-state index in [9.17, 15) is 18.0 Å². The highest BCUT2D eigenvalue weighted by atomic mass is 32.2. The van der Waals surface area contributed by atoms with Gasteiger partial charge in [0, 0.05) is 11.9 Å². The number of fused-ring (bicyclic) bond motifs is 3. The number of aryl methyl sites for hydroxylation is 2. The lowest BCUT2D eigenvalue weighted by Gasteiger charge is -2.11. The molecule has 2 aromatic rings. The molecule has 2 aliphatic rings. The number of esters is 1. The Bertz CT molecular complexity index is 1050. The number of hydrogen-bond donors (Lipinski definition) is 0. The van der Waals surface area contributed by atoms with Crippen LogP contribution in [0.1, 0.15) is 23.3 Å². The van der Waals surface area contributed by atoms with Crippen LogP contribution in [0.5, 0.6) is 0 Å². The van der Waals surface area contributed by atoms with Gasteiger partial charge in [0.15, 0.2) is 15.0 Å². The monoisotopic (exact) mass is 414 g/mol. The summed E-state index contributed by atoms with van der Waals surface area (Å²) in [5.74, 6) is -0.533. The molecule has 10 heteroatoms. The first kappa shape index (κ1) is 18.0. The average molecular weight is 415 g/mol. The molecule has 7 nitrogen and oxygen atoms in total. The Hall–Kier alpha value is -1.39. The predicted octanol–water partition coefficient (Wildman–Crippen LogP) is 1.31. The van der Waals surface area contributed by atoms with Gasteiger partial charge in [-0.2, -0.15) is 0 Å². The van der Waals surface area contributed by atoms with Crippen molar-refractivity contribution >= 4 is 49.1 Å². The lowest BCUT2D eigenvalue weighted by atomic mass is 10.2. The summed E-state index contributed by atoms with van der Waals surface area (Å²) >= 11 is 2.71. The number of nitrogens with zero attached hydrogens (tertiary/aromatic N) is 2. The van der Waals surface area contributed by atoms with Gasteiger partial charge < -0.3 is 4.74 Å². The molecule has 3 heterocycles. The molecule has 1 atom stereocenters. The molecular formula is C16H18N2O5S3. The summed E-state index contributed by atoms with van der Waals surface area (Å²) in [6, 6.07) is 0. The molecule has 1 aliphatic heterocycles. The van der Waals surface area contributed by atoms with E-state index in [0.717, 1.165) is 41.4 Å². The van der Waals surface area contributed by atoms with Gasteiger partial charge in [0.2, 0.25) is 0 Å². The average Bonchev–Trinajstić information content (AvgIpc) is 3.23. The molecule has 0 amide bonds. The quantitative estimate of drug-likeness (QED) is 0.423. The van der Waals surface area contributed by atoms with Crippen molar-refractivity contribution in [1.29, 1.82) is 0 Å². The van der Waals surface area contributed by atoms with E-state index in [1.807, 2.05) is 0 Å². The summed E-state index contributed by atoms with van der Waals surface area (Å²) in [4.78, 5) is 31.2. The van der Waals surface area contributed by atoms with Crippen molar-refractivity contribution in [2.75, 3.05) is 17.3 Å². The lowest BCUT2D eigenvalue weighted by molar-refractivity contribution is -0.144. The summed E-state index contributed by atoms with van der Waals surface area (Å²) in [6.07, 6.45) is 2.79. The van der Waals surface area contributed by atoms with Crippen LogP contribution in [0.25, 0.3) is 10.2 Å². The minimum atomic E-state index is -3.08. The summed E-state index contributed by atoms with van der Waals surface area (Å²) in [6.45, 7) is 0. The number of carbonyl (C=O) groups is 1. The Labute approximate surface area is 158 Å². The van der Waals surface area contributed by atoms with Gasteiger partial charge in [-0.1, -0.05) is 11.8 Å². The number of sulfone groups is 1. The van der Waals surface area contributed by atoms with Crippen LogP contribution in [0.2, 0.25) is 0 Å². The van der Waals surface area contributed by atoms with Crippen LogP contribution in [0.4, 0.5) is 0 Å². The Morgan fingerprint density at radius 1 is 1.42 bits per heavy atom. The molecule has 2 aromatic heterocycles. The van der Waals surface area contributed by atoms with Gasteiger partial charge in [-0.25, -0.2) is 13.4 Å². The van der Waals surface area contributed by atoms with Crippen LogP contribution in [0.15, 0.2) is 9.95 Å². The van der Waals surface area contributed by atoms with Crippen LogP contribution in [0.3, 0.4) is 0 Å². The zero-order chi connectivity index (χ0) is 18.5. The van der Waals surface area contributed by atoms with Gasteiger partial charge in [-0.05, 0) is 31.2 Å². The van der Waals surface area contributed by atoms with Gasteiger partial charge in [0.1, 0.15) is 10.9 Å². The lowest BCUT2D eigenvalue weighted by Crippen LogP contribution is -2.22. The molecule has 1 aliphatic carbocycles. The molecule has 26 heavy (non-hydrogen) atoms. The first-order valence-corrected chi connectivity index (χ1v) is 12.0. The van der Waals surface area contributed by atoms with Crippen LogP contribution in [-0.4, -0.2) is 47.3 Å². The second kappa shape index (κ2) is 6.65. The van der Waals surface area contributed by atoms with E-state index in [4.69, 9.17) is 4.74 Å². The van der Waals surface area contributed by atoms with Gasteiger partial charge in [-0.15, -0.1) is 11.3 Å². The third-order valence-electron chi connectivity index (χ3n) is 4.71. The van der Waals surface area contributed by atoms with E-state index < -0.39 is 21.9 Å². The van der Waals surface area contributed by atoms with Crippen molar-refractivity contribution in [1.82, 2.24) is 9.55 Å². The standard InChI is InChI=1S/C16H18N2O5S3/c1-18-15(20)13-10-3-2-4-11(10)25-14(13)17-16(18)24-7-12(19)23-9-5-6-26(21,22)8-9/h9H,2-8H2,1H3/t9-/m1/s1. The minimum Gasteiger partial charge on any atom is -0.461 e. The Kier molecular flexibility index (Phi) is 4.60. The molecule has 0 unspecified atom stereocenters. The molecule has 0 bridgehead atoms. The third-order valence-corrected chi connectivity index (χ3v) is 8.64. The second-order valence-corrected chi connectivity index (χ2v) is 10.9. The molecule has 0 aromatic carbocycles. The van der Waals surface area contributed by atoms with Crippen LogP contribution >= 0.6 is 23.1 Å². The fraction of sp³-hybridized carbons (Fsp3) is 0.562. The Morgan fingerprint density at radius 2 is 2.23 bits per heavy atom. The normalized spacial score (nSPS) is 21.2. The summed E-state index contributed by atoms with van der Waals surface area (Å²) in [5.41, 5.74) is 1.06. The summed E-state index contributed by atoms with van der Waals surface area (Å²) < 4.78 is 29.6. The maximum atomic E-state index is 12.7. The highest BCUT2D eigenvalue weighted by molar-refractivity contribution is 7.99. The van der Waals surface area contributed by atoms with E-state index in [2.05, 4.69) is 4.98 Å². The molecule has 1 saturated heterocycles. The second-order valence-electron chi connectivity index (χ2n) is 6.60. The zero-order valence-corrected chi connectivity index (χ0v) is 16.6. The number of aromatic nitrogens is 2. The number of thiophene rings is 1. The van der Waals surface area contributed by atoms with Crippen LogP contribution < -0.4 is 5.56 Å². The number of carbonyl (C=O) groups excluding carboxylic acids is 1. The van der Waals surface area contributed by atoms with Crippen LogP contribution in [0, 0.1) is 0 Å². The predicted molar refractivity (Wildman–Crippen MR) is 101 cm³/mol. The highest BCUT2D eigenvalue weighted by Crippen LogP contribution is 2.35. The SMILES string of the molecule is Cn1c(SCC(=O)O[C@@H]2CCS(=O)(=O)C2)nc2sc3c(c2c1=O)CCC3. The molecule has 4 rings (SSSR count). The van der Waals surface area contributed by atoms with E-state index >= 15 is 0 Å². The molecule has 0 spiro atoms. The van der Waals surface area contributed by atoms with Gasteiger partial charge in [0.25, 0.3) is 5.56 Å². The number of hydrogen-bond acceptors (Lipinski definition) is 8. The Balaban J connectivity index is 1.48. The topological polar surface area (TPSA) is 95.3 Å². The third kappa shape index (κ3) is 3.29. The van der Waals surface area contributed by atoms with Gasteiger partial charge in [0.05, 0.1) is 22.6 Å². The van der Waals surface area contributed by atoms with Crippen molar-refractivity contribution in [2.24, 2.45) is 7.05 Å². The molecule has 0 saturated carbocycles. The molecule has 0 radical (unpaired) electrons. The minimum absolute atomic E-state index is 0.00652. The van der Waals surface area contributed by atoms with Gasteiger partial charge >= 0.3 is 5.97 Å². The van der Waals surface area contributed by atoms with E-state index in [0.29, 0.717) is 17.0 Å². The van der Waals surface area contributed by atoms with Crippen molar-refractivity contribution < 1.29 is 17.9 Å². The number of thioether (sulfide) groups is 1. The van der Waals surface area contributed by atoms with Crippen molar-refractivity contribution in [3.8, 4) is 0 Å². The van der Waals surface area contributed by atoms with Crippen molar-refractivity contribution in [3.05, 3.63) is 20.8 Å². The Morgan fingerprint density at radius 3 is 2.96 bits per heavy atom. The van der Waals surface area contributed by atoms with E-state index in [1.165, 1.54) is 9.44 Å². The van der Waals surface area contributed by atoms with Crippen molar-refractivity contribution in [3.63, 3.8) is 0 Å². The number of rotatable bonds is 4. The maximum absolute atomic E-state index is 12.7. The fourth-order valence-electron chi connectivity index (χ4n) is 3.43. The summed E-state index contributed by atoms with van der Waals surface area (Å²) in [7, 11) is -1.43. The van der Waals surface area contributed by atoms with E-state index in [-0.39, 0.29) is 22.8 Å². The first-order valence-electron chi connectivity index (χ1n) is 8.38. The molecule has 0 N–H and O–H groups in total. The number of ether oxygens (including phenoxy) is 1. The first-order chi connectivity index (χ1) is 12.3. The fourth-order valence-corrected chi connectivity index (χ4v) is 7.08. The smallest absolute Gasteiger partial charge is 0.316 e. The van der Waals surface area contributed by atoms with Gasteiger partial charge in [-0.3, -0.25) is 14.2 Å². The van der Waals surface area contributed by atoms with Crippen molar-refractivity contribution in [2.45, 2.75) is 36.9 Å². The molecular weight excluding hydrogens is 396 g/mol. The largest absolute Gasteiger partial charge is 0.461 e. The molecule has 140 valence electrons. The maximum Gasteiger partial charge on any atom is 0.316 e. The molecule has 1 fully saturated rings. The summed E-state index contributed by atoms with van der Waals surface area (Å²) in [5, 5.41) is 1.19. The zero-order valence-electron chi connectivity index (χ0n) is 14.2.